The minimum Gasteiger partial charge on any atom is -0.211 e. The van der Waals surface area contributed by atoms with Gasteiger partial charge in [0.1, 0.15) is 11.7 Å². The fourth-order valence-electron chi connectivity index (χ4n) is 2.46. The molecule has 4 heteroatoms. The van der Waals surface area contributed by atoms with Crippen molar-refractivity contribution in [1.29, 1.82) is 0 Å². The SMILES string of the molecule is O=c1n2ccc3cccc(c[n+]1-c1ccccn1)c32. The zero-order valence-corrected chi connectivity index (χ0v) is 10.0. The van der Waals surface area contributed by atoms with Crippen LogP contribution < -0.4 is 10.3 Å². The van der Waals surface area contributed by atoms with Gasteiger partial charge in [0.15, 0.2) is 0 Å². The molecule has 19 heavy (non-hydrogen) atoms. The molecule has 0 spiro atoms. The van der Waals surface area contributed by atoms with E-state index in [2.05, 4.69) is 4.98 Å². The number of benzene rings is 1. The fourth-order valence-corrected chi connectivity index (χ4v) is 2.46. The molecule has 0 aliphatic rings. The Hall–Kier alpha value is -2.75. The van der Waals surface area contributed by atoms with E-state index in [0.717, 1.165) is 16.3 Å². The van der Waals surface area contributed by atoms with Gasteiger partial charge in [0.25, 0.3) is 5.82 Å². The average molecular weight is 248 g/mol. The van der Waals surface area contributed by atoms with Crippen LogP contribution in [-0.4, -0.2) is 9.38 Å². The van der Waals surface area contributed by atoms with Crippen LogP contribution in [0.4, 0.5) is 0 Å². The Bertz CT molecular complexity index is 928. The van der Waals surface area contributed by atoms with Crippen molar-refractivity contribution in [2.24, 2.45) is 0 Å². The zero-order valence-electron chi connectivity index (χ0n) is 10.0. The van der Waals surface area contributed by atoms with Crippen molar-refractivity contribution in [3.8, 4) is 5.82 Å². The second-order valence-corrected chi connectivity index (χ2v) is 4.44. The van der Waals surface area contributed by atoms with Crippen molar-refractivity contribution in [3.05, 3.63) is 71.5 Å². The van der Waals surface area contributed by atoms with Gasteiger partial charge in [-0.05, 0) is 18.2 Å². The lowest BCUT2D eigenvalue weighted by atomic mass is 10.2. The van der Waals surface area contributed by atoms with Crippen LogP contribution in [0.1, 0.15) is 0 Å². The van der Waals surface area contributed by atoms with E-state index in [1.165, 1.54) is 0 Å². The first-order chi connectivity index (χ1) is 9.34. The number of hydrogen-bond donors (Lipinski definition) is 0. The predicted octanol–water partition coefficient (Wildman–Crippen LogP) is 1.56. The largest absolute Gasteiger partial charge is 0.452 e. The Morgan fingerprint density at radius 1 is 1.00 bits per heavy atom. The van der Waals surface area contributed by atoms with Gasteiger partial charge in [-0.1, -0.05) is 18.2 Å². The number of nitrogens with zero attached hydrogens (tertiary/aromatic N) is 3. The monoisotopic (exact) mass is 248 g/mol. The second kappa shape index (κ2) is 3.62. The van der Waals surface area contributed by atoms with Gasteiger partial charge in [0.2, 0.25) is 0 Å². The van der Waals surface area contributed by atoms with E-state index >= 15 is 0 Å². The molecule has 0 aliphatic carbocycles. The maximum atomic E-state index is 12.5. The minimum atomic E-state index is -0.104. The molecule has 3 aromatic heterocycles. The van der Waals surface area contributed by atoms with Gasteiger partial charge in [-0.25, -0.2) is 4.79 Å². The third-order valence-electron chi connectivity index (χ3n) is 3.32. The summed E-state index contributed by atoms with van der Waals surface area (Å²) < 4.78 is 3.24. The topological polar surface area (TPSA) is 38.2 Å². The van der Waals surface area contributed by atoms with Gasteiger partial charge in [-0.15, -0.1) is 4.98 Å². The van der Waals surface area contributed by atoms with E-state index in [4.69, 9.17) is 0 Å². The summed E-state index contributed by atoms with van der Waals surface area (Å²) in [6.45, 7) is 0. The molecule has 0 fully saturated rings. The standard InChI is InChI=1S/C15H10N3O/c19-15-17-9-7-11-4-3-5-12(14(11)17)10-18(15)13-6-1-2-8-16-13/h1-10H/q+1. The van der Waals surface area contributed by atoms with E-state index < -0.39 is 0 Å². The van der Waals surface area contributed by atoms with Gasteiger partial charge in [-0.3, -0.25) is 0 Å². The summed E-state index contributed by atoms with van der Waals surface area (Å²) in [5, 5.41) is 2.09. The van der Waals surface area contributed by atoms with Crippen LogP contribution in [0.25, 0.3) is 22.1 Å². The van der Waals surface area contributed by atoms with Gasteiger partial charge < -0.3 is 0 Å². The maximum Gasteiger partial charge on any atom is 0.452 e. The summed E-state index contributed by atoms with van der Waals surface area (Å²) in [5.74, 6) is 0.629. The van der Waals surface area contributed by atoms with E-state index in [-0.39, 0.29) is 5.69 Å². The maximum absolute atomic E-state index is 12.5. The first-order valence-corrected chi connectivity index (χ1v) is 6.04. The predicted molar refractivity (Wildman–Crippen MR) is 71.7 cm³/mol. The lowest BCUT2D eigenvalue weighted by Crippen LogP contribution is -2.50. The lowest BCUT2D eigenvalue weighted by molar-refractivity contribution is -0.618. The summed E-state index contributed by atoms with van der Waals surface area (Å²) >= 11 is 0. The fraction of sp³-hybridized carbons (Fsp3) is 0. The highest BCUT2D eigenvalue weighted by Crippen LogP contribution is 2.18. The molecule has 0 N–H and O–H groups in total. The first kappa shape index (κ1) is 10.2. The molecule has 1 aromatic carbocycles. The molecule has 0 bridgehead atoms. The Kier molecular flexibility index (Phi) is 1.94. The molecule has 0 saturated carbocycles. The van der Waals surface area contributed by atoms with Crippen molar-refractivity contribution < 1.29 is 4.57 Å². The summed E-state index contributed by atoms with van der Waals surface area (Å²) in [6, 6.07) is 13.5. The minimum absolute atomic E-state index is 0.104. The smallest absolute Gasteiger partial charge is 0.211 e. The number of rotatable bonds is 1. The normalized spacial score (nSPS) is 11.4. The van der Waals surface area contributed by atoms with Crippen molar-refractivity contribution in [3.63, 3.8) is 0 Å². The van der Waals surface area contributed by atoms with Crippen LogP contribution >= 0.6 is 0 Å². The summed E-state index contributed by atoms with van der Waals surface area (Å²) in [5.41, 5.74) is 0.854. The highest BCUT2D eigenvalue weighted by Gasteiger charge is 2.16. The van der Waals surface area contributed by atoms with Gasteiger partial charge in [0, 0.05) is 16.8 Å². The lowest BCUT2D eigenvalue weighted by Gasteiger charge is -2.00. The van der Waals surface area contributed by atoms with Gasteiger partial charge in [-0.2, -0.15) is 8.97 Å². The Balaban J connectivity index is 2.19. The Morgan fingerprint density at radius 3 is 2.74 bits per heavy atom. The number of pyridine rings is 1. The van der Waals surface area contributed by atoms with Crippen LogP contribution in [0.15, 0.2) is 65.8 Å². The quantitative estimate of drug-likeness (QED) is 0.479. The van der Waals surface area contributed by atoms with Crippen LogP contribution in [-0.2, 0) is 0 Å². The van der Waals surface area contributed by atoms with E-state index in [1.54, 1.807) is 21.4 Å². The molecule has 4 rings (SSSR count). The van der Waals surface area contributed by atoms with Gasteiger partial charge in [0.05, 0.1) is 12.4 Å². The van der Waals surface area contributed by atoms with Crippen molar-refractivity contribution in [1.82, 2.24) is 9.38 Å². The molecule has 0 unspecified atom stereocenters. The Morgan fingerprint density at radius 2 is 1.89 bits per heavy atom. The Labute approximate surface area is 108 Å². The number of hydrogen-bond acceptors (Lipinski definition) is 2. The third kappa shape index (κ3) is 1.37. The summed E-state index contributed by atoms with van der Waals surface area (Å²) in [4.78, 5) is 16.7. The van der Waals surface area contributed by atoms with Crippen LogP contribution in [0.2, 0.25) is 0 Å². The van der Waals surface area contributed by atoms with Gasteiger partial charge >= 0.3 is 5.69 Å². The molecule has 0 aliphatic heterocycles. The van der Waals surface area contributed by atoms with Crippen LogP contribution in [0.3, 0.4) is 0 Å². The van der Waals surface area contributed by atoms with E-state index in [1.807, 2.05) is 48.7 Å². The molecular formula is C15H10N3O+. The summed E-state index contributed by atoms with van der Waals surface area (Å²) in [6.07, 6.45) is 5.33. The van der Waals surface area contributed by atoms with Crippen LogP contribution in [0, 0.1) is 0 Å². The molecule has 4 nitrogen and oxygen atoms in total. The second-order valence-electron chi connectivity index (χ2n) is 4.44. The number of aromatic nitrogens is 3. The highest BCUT2D eigenvalue weighted by molar-refractivity contribution is 5.95. The molecule has 0 amide bonds. The number of para-hydroxylation sites is 1. The molecule has 0 saturated heterocycles. The third-order valence-corrected chi connectivity index (χ3v) is 3.32. The molecule has 4 aromatic rings. The summed E-state index contributed by atoms with van der Waals surface area (Å²) in [7, 11) is 0. The van der Waals surface area contributed by atoms with Crippen molar-refractivity contribution in [2.45, 2.75) is 0 Å². The van der Waals surface area contributed by atoms with E-state index in [9.17, 15) is 4.79 Å². The molecule has 90 valence electrons. The van der Waals surface area contributed by atoms with Crippen LogP contribution in [0.5, 0.6) is 0 Å². The molecule has 0 radical (unpaired) electrons. The van der Waals surface area contributed by atoms with Crippen molar-refractivity contribution >= 4 is 16.3 Å². The molecule has 3 heterocycles. The van der Waals surface area contributed by atoms with Crippen molar-refractivity contribution in [2.75, 3.05) is 0 Å². The molecule has 0 atom stereocenters. The first-order valence-electron chi connectivity index (χ1n) is 6.04. The highest BCUT2D eigenvalue weighted by atomic mass is 16.1. The zero-order chi connectivity index (χ0) is 12.8. The average Bonchev–Trinajstić information content (AvgIpc) is 2.89. The molecular weight excluding hydrogens is 238 g/mol. The van der Waals surface area contributed by atoms with E-state index in [0.29, 0.717) is 5.82 Å².